The molecule has 0 bridgehead atoms. The topological polar surface area (TPSA) is 28.1 Å². The van der Waals surface area contributed by atoms with Gasteiger partial charge in [-0.05, 0) is 61.7 Å². The molecule has 0 amide bonds. The SMILES string of the molecule is COc1ccc(C(F)(F)F)cc1N1Cc2cccc(F)c2N=C1C1CCN(c2cccc(C)c2)CC1. The van der Waals surface area contributed by atoms with Gasteiger partial charge in [0.25, 0.3) is 0 Å². The zero-order valence-electron chi connectivity index (χ0n) is 20.1. The van der Waals surface area contributed by atoms with Crippen molar-refractivity contribution in [3.05, 3.63) is 83.2 Å². The zero-order chi connectivity index (χ0) is 25.4. The summed E-state index contributed by atoms with van der Waals surface area (Å²) >= 11 is 0. The van der Waals surface area contributed by atoms with E-state index < -0.39 is 17.6 Å². The number of nitrogens with zero attached hydrogens (tertiary/aromatic N) is 3. The lowest BCUT2D eigenvalue weighted by molar-refractivity contribution is -0.137. The zero-order valence-corrected chi connectivity index (χ0v) is 20.1. The lowest BCUT2D eigenvalue weighted by Crippen LogP contribution is -2.44. The summed E-state index contributed by atoms with van der Waals surface area (Å²) in [5.41, 5.74) is 2.72. The molecule has 0 aromatic heterocycles. The summed E-state index contributed by atoms with van der Waals surface area (Å²) in [6.45, 7) is 3.80. The van der Waals surface area contributed by atoms with Crippen LogP contribution >= 0.6 is 0 Å². The Morgan fingerprint density at radius 1 is 0.972 bits per heavy atom. The second-order valence-electron chi connectivity index (χ2n) is 9.29. The van der Waals surface area contributed by atoms with E-state index in [0.29, 0.717) is 17.1 Å². The maximum atomic E-state index is 14.7. The van der Waals surface area contributed by atoms with Crippen molar-refractivity contribution < 1.29 is 22.3 Å². The summed E-state index contributed by atoms with van der Waals surface area (Å²) in [5.74, 6) is 0.415. The van der Waals surface area contributed by atoms with Gasteiger partial charge in [-0.2, -0.15) is 13.2 Å². The van der Waals surface area contributed by atoms with Gasteiger partial charge in [-0.3, -0.25) is 0 Å². The number of amidine groups is 1. The molecule has 1 fully saturated rings. The molecule has 0 radical (unpaired) electrons. The van der Waals surface area contributed by atoms with Gasteiger partial charge in [0.15, 0.2) is 0 Å². The minimum Gasteiger partial charge on any atom is -0.495 e. The third-order valence-electron chi connectivity index (χ3n) is 6.93. The van der Waals surface area contributed by atoms with Gasteiger partial charge in [0.05, 0.1) is 24.9 Å². The van der Waals surface area contributed by atoms with E-state index in [-0.39, 0.29) is 23.8 Å². The number of alkyl halides is 3. The number of piperidine rings is 1. The Hall–Kier alpha value is -3.55. The lowest BCUT2D eigenvalue weighted by atomic mass is 9.92. The third-order valence-corrected chi connectivity index (χ3v) is 6.93. The molecule has 1 saturated heterocycles. The third kappa shape index (κ3) is 4.64. The van der Waals surface area contributed by atoms with Crippen LogP contribution in [0.5, 0.6) is 5.75 Å². The van der Waals surface area contributed by atoms with E-state index >= 15 is 0 Å². The molecule has 4 nitrogen and oxygen atoms in total. The van der Waals surface area contributed by atoms with Crippen LogP contribution in [0.25, 0.3) is 0 Å². The Morgan fingerprint density at radius 2 is 1.72 bits per heavy atom. The Morgan fingerprint density at radius 3 is 2.42 bits per heavy atom. The number of rotatable bonds is 4. The maximum absolute atomic E-state index is 14.7. The van der Waals surface area contributed by atoms with Crippen molar-refractivity contribution in [2.75, 3.05) is 30.0 Å². The van der Waals surface area contributed by atoms with Crippen LogP contribution in [0.3, 0.4) is 0 Å². The molecule has 0 N–H and O–H groups in total. The summed E-state index contributed by atoms with van der Waals surface area (Å²) < 4.78 is 61.0. The predicted octanol–water partition coefficient (Wildman–Crippen LogP) is 7.13. The molecular formula is C28H27F4N3O. The van der Waals surface area contributed by atoms with Crippen LogP contribution in [-0.2, 0) is 12.7 Å². The fourth-order valence-corrected chi connectivity index (χ4v) is 5.06. The molecule has 3 aromatic rings. The summed E-state index contributed by atoms with van der Waals surface area (Å²) in [5, 5.41) is 0. The molecule has 2 heterocycles. The van der Waals surface area contributed by atoms with Crippen LogP contribution in [0.4, 0.5) is 34.6 Å². The van der Waals surface area contributed by atoms with E-state index in [1.165, 1.54) is 24.8 Å². The van der Waals surface area contributed by atoms with E-state index in [1.54, 1.807) is 17.0 Å². The largest absolute Gasteiger partial charge is 0.495 e. The molecule has 3 aromatic carbocycles. The van der Waals surface area contributed by atoms with Crippen LogP contribution in [0, 0.1) is 18.7 Å². The predicted molar refractivity (Wildman–Crippen MR) is 134 cm³/mol. The van der Waals surface area contributed by atoms with Crippen LogP contribution in [0.2, 0.25) is 0 Å². The van der Waals surface area contributed by atoms with Crippen molar-refractivity contribution in [1.29, 1.82) is 0 Å². The summed E-state index contributed by atoms with van der Waals surface area (Å²) in [4.78, 5) is 8.79. The molecule has 8 heteroatoms. The maximum Gasteiger partial charge on any atom is 0.416 e. The first-order valence-corrected chi connectivity index (χ1v) is 11.9. The molecule has 0 saturated carbocycles. The molecule has 5 rings (SSSR count). The molecule has 0 atom stereocenters. The highest BCUT2D eigenvalue weighted by Crippen LogP contribution is 2.42. The Bertz CT molecular complexity index is 1300. The number of hydrogen-bond donors (Lipinski definition) is 0. The van der Waals surface area contributed by atoms with Gasteiger partial charge in [-0.1, -0.05) is 24.3 Å². The molecule has 0 spiro atoms. The van der Waals surface area contributed by atoms with Crippen molar-refractivity contribution in [3.8, 4) is 5.75 Å². The molecule has 2 aliphatic rings. The highest BCUT2D eigenvalue weighted by Gasteiger charge is 2.36. The van der Waals surface area contributed by atoms with Gasteiger partial charge < -0.3 is 14.5 Å². The van der Waals surface area contributed by atoms with Crippen molar-refractivity contribution in [3.63, 3.8) is 0 Å². The number of aliphatic imine (C=N–C) groups is 1. The molecule has 2 aliphatic heterocycles. The van der Waals surface area contributed by atoms with Crippen LogP contribution in [0.1, 0.15) is 29.5 Å². The Labute approximate surface area is 207 Å². The number of anilines is 2. The monoisotopic (exact) mass is 497 g/mol. The number of fused-ring (bicyclic) bond motifs is 1. The van der Waals surface area contributed by atoms with Crippen LogP contribution in [0.15, 0.2) is 65.7 Å². The molecule has 0 aliphatic carbocycles. The minimum absolute atomic E-state index is 0.0435. The second-order valence-corrected chi connectivity index (χ2v) is 9.29. The first-order chi connectivity index (χ1) is 17.2. The van der Waals surface area contributed by atoms with Crippen molar-refractivity contribution in [2.45, 2.75) is 32.5 Å². The van der Waals surface area contributed by atoms with Crippen LogP contribution in [-0.4, -0.2) is 26.0 Å². The number of methoxy groups -OCH3 is 1. The van der Waals surface area contributed by atoms with Crippen LogP contribution < -0.4 is 14.5 Å². The van der Waals surface area contributed by atoms with E-state index in [0.717, 1.165) is 43.8 Å². The van der Waals surface area contributed by atoms with Gasteiger partial charge in [-0.25, -0.2) is 9.38 Å². The fourth-order valence-electron chi connectivity index (χ4n) is 5.06. The number of aryl methyl sites for hydroxylation is 1. The lowest BCUT2D eigenvalue weighted by Gasteiger charge is -2.40. The average molecular weight is 498 g/mol. The normalized spacial score (nSPS) is 16.6. The number of hydrogen-bond acceptors (Lipinski definition) is 4. The number of para-hydroxylation sites is 1. The van der Waals surface area contributed by atoms with E-state index in [4.69, 9.17) is 9.73 Å². The Balaban J connectivity index is 1.52. The van der Waals surface area contributed by atoms with E-state index in [9.17, 15) is 17.6 Å². The first kappa shape index (κ1) is 24.2. The van der Waals surface area contributed by atoms with Crippen molar-refractivity contribution in [2.24, 2.45) is 10.9 Å². The smallest absolute Gasteiger partial charge is 0.416 e. The number of ether oxygens (including phenoxy) is 1. The van der Waals surface area contributed by atoms with E-state index in [2.05, 4.69) is 30.0 Å². The number of benzene rings is 3. The summed E-state index contributed by atoms with van der Waals surface area (Å²) in [7, 11) is 1.43. The molecular weight excluding hydrogens is 470 g/mol. The van der Waals surface area contributed by atoms with Crippen molar-refractivity contribution in [1.82, 2.24) is 0 Å². The highest BCUT2D eigenvalue weighted by molar-refractivity contribution is 6.03. The molecule has 36 heavy (non-hydrogen) atoms. The van der Waals surface area contributed by atoms with E-state index in [1.807, 2.05) is 6.07 Å². The van der Waals surface area contributed by atoms with Gasteiger partial charge in [0.2, 0.25) is 0 Å². The average Bonchev–Trinajstić information content (AvgIpc) is 2.87. The van der Waals surface area contributed by atoms with Gasteiger partial charge >= 0.3 is 6.18 Å². The van der Waals surface area contributed by atoms with Crippen molar-refractivity contribution >= 4 is 22.9 Å². The summed E-state index contributed by atoms with van der Waals surface area (Å²) in [6, 6.07) is 16.5. The number of halogens is 4. The minimum atomic E-state index is -4.50. The standard InChI is InChI=1S/C28H27F4N3O/c1-18-5-3-7-22(15-18)34-13-11-19(12-14-34)27-33-26-20(6-4-8-23(26)29)17-35(27)24-16-21(28(30,31)32)9-10-25(24)36-2/h3-10,15-16,19H,11-14,17H2,1-2H3. The molecule has 188 valence electrons. The summed E-state index contributed by atoms with van der Waals surface area (Å²) in [6.07, 6.45) is -3.01. The van der Waals surface area contributed by atoms with Gasteiger partial charge in [0, 0.05) is 30.3 Å². The molecule has 0 unspecified atom stereocenters. The Kier molecular flexibility index (Phi) is 6.36. The van der Waals surface area contributed by atoms with Gasteiger partial charge in [-0.15, -0.1) is 0 Å². The fraction of sp³-hybridized carbons (Fsp3) is 0.321. The first-order valence-electron chi connectivity index (χ1n) is 11.9. The quantitative estimate of drug-likeness (QED) is 0.359. The van der Waals surface area contributed by atoms with Gasteiger partial charge in [0.1, 0.15) is 23.1 Å². The highest BCUT2D eigenvalue weighted by atomic mass is 19.4. The second kappa shape index (κ2) is 9.48.